The molecule has 0 aromatic heterocycles. The molecule has 0 saturated heterocycles. The fourth-order valence-corrected chi connectivity index (χ4v) is 9.70. The predicted molar refractivity (Wildman–Crippen MR) is 134 cm³/mol. The Labute approximate surface area is 198 Å². The molecule has 4 aliphatic carbocycles. The molecule has 8 atom stereocenters. The highest BCUT2D eigenvalue weighted by molar-refractivity contribution is 6.70. The molecule has 0 bridgehead atoms. The van der Waals surface area contributed by atoms with Gasteiger partial charge in [0, 0.05) is 12.3 Å². The lowest BCUT2D eigenvalue weighted by atomic mass is 9.46. The lowest BCUT2D eigenvalue weighted by Gasteiger charge is -2.60. The summed E-state index contributed by atoms with van der Waals surface area (Å²) in [6.45, 7) is 14.7. The van der Waals surface area contributed by atoms with E-state index in [1.165, 1.54) is 64.2 Å². The third-order valence-corrected chi connectivity index (χ3v) is 11.2. The van der Waals surface area contributed by atoms with Crippen molar-refractivity contribution < 1.29 is 14.0 Å². The topological polar surface area (TPSA) is 35.5 Å². The van der Waals surface area contributed by atoms with Crippen LogP contribution >= 0.6 is 0 Å². The van der Waals surface area contributed by atoms with Crippen LogP contribution in [0, 0.1) is 46.3 Å². The van der Waals surface area contributed by atoms with Crippen molar-refractivity contribution in [2.24, 2.45) is 46.3 Å². The van der Waals surface area contributed by atoms with Gasteiger partial charge in [0.15, 0.2) is 0 Å². The Morgan fingerprint density at radius 3 is 2.47 bits per heavy atom. The number of carbonyl (C=O) groups excluding carboxylic acids is 1. The molecule has 182 valence electrons. The molecule has 3 fully saturated rings. The van der Waals surface area contributed by atoms with Crippen molar-refractivity contribution in [3.8, 4) is 0 Å². The molecule has 0 radical (unpaired) electrons. The smallest absolute Gasteiger partial charge is 0.305 e. The number of methoxy groups -OCH3 is 1. The number of rotatable bonds is 6. The zero-order chi connectivity index (χ0) is 23.3. The number of ether oxygens (including phenoxy) is 1. The van der Waals surface area contributed by atoms with Crippen LogP contribution in [0.2, 0.25) is 19.6 Å². The minimum atomic E-state index is -1.66. The first-order valence-corrected chi connectivity index (χ1v) is 16.9. The van der Waals surface area contributed by atoms with E-state index in [2.05, 4.69) is 46.5 Å². The van der Waals surface area contributed by atoms with Gasteiger partial charge in [-0.3, -0.25) is 4.79 Å². The van der Waals surface area contributed by atoms with Crippen LogP contribution in [0.4, 0.5) is 0 Å². The van der Waals surface area contributed by atoms with Crippen LogP contribution in [0.25, 0.3) is 0 Å². The Hall–Kier alpha value is -0.773. The maximum absolute atomic E-state index is 11.8. The number of allylic oxidation sites excluding steroid dienone is 2. The first-order chi connectivity index (χ1) is 15.0. The van der Waals surface area contributed by atoms with Crippen molar-refractivity contribution in [3.63, 3.8) is 0 Å². The average Bonchev–Trinajstić information content (AvgIpc) is 3.08. The normalized spacial score (nSPS) is 42.2. The van der Waals surface area contributed by atoms with Gasteiger partial charge in [0.1, 0.15) is 0 Å². The van der Waals surface area contributed by atoms with E-state index in [1.54, 1.807) is 0 Å². The third kappa shape index (κ3) is 4.23. The fraction of sp³-hybridized carbons (Fsp3) is 0.893. The van der Waals surface area contributed by atoms with E-state index < -0.39 is 8.32 Å². The van der Waals surface area contributed by atoms with Gasteiger partial charge in [-0.1, -0.05) is 33.6 Å². The SMILES string of the molecule is COC(=O)CC[C@@H](C)[C@H]1CCC2C3C(O[Si](C)(C)C)=C[C@H]4CCCC[C@]4(C)C3CC[C@@]21C. The zero-order valence-electron chi connectivity index (χ0n) is 21.8. The zero-order valence-corrected chi connectivity index (χ0v) is 22.8. The second-order valence-corrected chi connectivity index (χ2v) is 17.6. The van der Waals surface area contributed by atoms with E-state index in [0.29, 0.717) is 40.9 Å². The van der Waals surface area contributed by atoms with Crippen molar-refractivity contribution in [3.05, 3.63) is 11.8 Å². The van der Waals surface area contributed by atoms with Gasteiger partial charge < -0.3 is 9.16 Å². The van der Waals surface area contributed by atoms with Crippen LogP contribution in [0.15, 0.2) is 11.8 Å². The van der Waals surface area contributed by atoms with Crippen molar-refractivity contribution in [1.82, 2.24) is 0 Å². The van der Waals surface area contributed by atoms with Gasteiger partial charge in [0.05, 0.1) is 12.9 Å². The van der Waals surface area contributed by atoms with Crippen LogP contribution in [0.1, 0.15) is 85.0 Å². The van der Waals surface area contributed by atoms with E-state index in [-0.39, 0.29) is 5.97 Å². The molecule has 0 aromatic rings. The maximum Gasteiger partial charge on any atom is 0.305 e. The van der Waals surface area contributed by atoms with Crippen LogP contribution in [-0.4, -0.2) is 21.4 Å². The van der Waals surface area contributed by atoms with Crippen molar-refractivity contribution in [2.45, 2.75) is 105 Å². The Bertz CT molecular complexity index is 739. The van der Waals surface area contributed by atoms with Crippen LogP contribution in [-0.2, 0) is 14.0 Å². The van der Waals surface area contributed by atoms with Gasteiger partial charge >= 0.3 is 5.97 Å². The average molecular weight is 461 g/mol. The van der Waals surface area contributed by atoms with Crippen molar-refractivity contribution in [1.29, 1.82) is 0 Å². The minimum absolute atomic E-state index is 0.0578. The highest BCUT2D eigenvalue weighted by Gasteiger charge is 2.61. The minimum Gasteiger partial charge on any atom is -0.547 e. The van der Waals surface area contributed by atoms with E-state index in [1.807, 2.05) is 0 Å². The third-order valence-electron chi connectivity index (χ3n) is 10.4. The molecule has 4 rings (SSSR count). The van der Waals surface area contributed by atoms with Gasteiger partial charge in [-0.2, -0.15) is 0 Å². The molecule has 3 nitrogen and oxygen atoms in total. The van der Waals surface area contributed by atoms with Crippen molar-refractivity contribution in [2.75, 3.05) is 7.11 Å². The number of hydrogen-bond acceptors (Lipinski definition) is 3. The predicted octanol–water partition coefficient (Wildman–Crippen LogP) is 7.58. The van der Waals surface area contributed by atoms with Crippen LogP contribution < -0.4 is 0 Å². The number of carbonyl (C=O) groups is 1. The van der Waals surface area contributed by atoms with Gasteiger partial charge in [0.2, 0.25) is 8.32 Å². The summed E-state index contributed by atoms with van der Waals surface area (Å²) in [5, 5.41) is 0. The van der Waals surface area contributed by atoms with Gasteiger partial charge in [-0.05, 0) is 111 Å². The Kier molecular flexibility index (Phi) is 6.68. The standard InChI is InChI=1S/C28H48O3Si/c1-19(11-14-25(29)30-4)21-12-13-22-26-23(15-17-28(21,22)3)27(2)16-9-8-10-20(27)18-24(26)31-32(5,6)7/h18-23,26H,8-17H2,1-7H3/t19-,20-,21-,22?,23?,26?,27+,28-/m1/s1. The maximum atomic E-state index is 11.8. The molecule has 0 N–H and O–H groups in total. The van der Waals surface area contributed by atoms with Gasteiger partial charge in [0.25, 0.3) is 0 Å². The molecule has 4 aliphatic rings. The molecule has 0 aromatic carbocycles. The Morgan fingerprint density at radius 2 is 1.78 bits per heavy atom. The summed E-state index contributed by atoms with van der Waals surface area (Å²) >= 11 is 0. The monoisotopic (exact) mass is 460 g/mol. The second-order valence-electron chi connectivity index (χ2n) is 13.2. The molecule has 32 heavy (non-hydrogen) atoms. The van der Waals surface area contributed by atoms with Crippen LogP contribution in [0.5, 0.6) is 0 Å². The second kappa shape index (κ2) is 8.78. The highest BCUT2D eigenvalue weighted by Crippen LogP contribution is 2.68. The van der Waals surface area contributed by atoms with Crippen LogP contribution in [0.3, 0.4) is 0 Å². The summed E-state index contributed by atoms with van der Waals surface area (Å²) in [6, 6.07) is 0. The summed E-state index contributed by atoms with van der Waals surface area (Å²) in [4.78, 5) is 11.8. The Balaban J connectivity index is 1.63. The number of esters is 1. The summed E-state index contributed by atoms with van der Waals surface area (Å²) in [5.74, 6) is 5.47. The summed E-state index contributed by atoms with van der Waals surface area (Å²) in [6.07, 6.45) is 15.1. The van der Waals surface area contributed by atoms with Gasteiger partial charge in [-0.25, -0.2) is 0 Å². The molecule has 0 aliphatic heterocycles. The molecular weight excluding hydrogens is 412 g/mol. The van der Waals surface area contributed by atoms with Crippen molar-refractivity contribution >= 4 is 14.3 Å². The summed E-state index contributed by atoms with van der Waals surface area (Å²) in [7, 11) is -0.148. The quantitative estimate of drug-likeness (QED) is 0.303. The molecule has 0 spiro atoms. The molecule has 3 unspecified atom stereocenters. The molecule has 0 heterocycles. The largest absolute Gasteiger partial charge is 0.547 e. The van der Waals surface area contributed by atoms with E-state index in [9.17, 15) is 4.79 Å². The molecular formula is C28H48O3Si. The fourth-order valence-electron chi connectivity index (χ4n) is 8.78. The van der Waals surface area contributed by atoms with E-state index >= 15 is 0 Å². The lowest BCUT2D eigenvalue weighted by molar-refractivity contribution is -0.141. The molecule has 0 amide bonds. The first kappa shape index (κ1) is 24.4. The lowest BCUT2D eigenvalue weighted by Crippen LogP contribution is -2.53. The van der Waals surface area contributed by atoms with E-state index in [0.717, 1.165) is 18.3 Å². The Morgan fingerprint density at radius 1 is 1.06 bits per heavy atom. The highest BCUT2D eigenvalue weighted by atomic mass is 28.4. The summed E-state index contributed by atoms with van der Waals surface area (Å²) in [5.41, 5.74) is 0.835. The molecule has 3 saturated carbocycles. The number of fused-ring (bicyclic) bond motifs is 5. The summed E-state index contributed by atoms with van der Waals surface area (Å²) < 4.78 is 11.9. The van der Waals surface area contributed by atoms with E-state index in [4.69, 9.17) is 9.16 Å². The molecule has 4 heteroatoms. The first-order valence-electron chi connectivity index (χ1n) is 13.5. The van der Waals surface area contributed by atoms with Gasteiger partial charge in [-0.15, -0.1) is 0 Å². The number of hydrogen-bond donors (Lipinski definition) is 0.